The summed E-state index contributed by atoms with van der Waals surface area (Å²) < 4.78 is 0. The second-order valence-electron chi connectivity index (χ2n) is 5.57. The van der Waals surface area contributed by atoms with Crippen molar-refractivity contribution in [2.45, 2.75) is 65.0 Å². The van der Waals surface area contributed by atoms with Crippen molar-refractivity contribution in [3.63, 3.8) is 0 Å². The molecule has 0 saturated heterocycles. The van der Waals surface area contributed by atoms with Crippen LogP contribution in [-0.2, 0) is 0 Å². The molecule has 0 bridgehead atoms. The van der Waals surface area contributed by atoms with E-state index < -0.39 is 0 Å². The molecule has 2 heteroatoms. The highest BCUT2D eigenvalue weighted by molar-refractivity contribution is 5.19. The van der Waals surface area contributed by atoms with E-state index in [9.17, 15) is 0 Å². The number of hydrogen-bond donors (Lipinski definition) is 1. The number of allylic oxidation sites excluding steroid dienone is 1. The zero-order valence-corrected chi connectivity index (χ0v) is 12.3. The molecule has 0 aromatic heterocycles. The van der Waals surface area contributed by atoms with Crippen LogP contribution in [0.4, 0.5) is 0 Å². The van der Waals surface area contributed by atoms with E-state index >= 15 is 0 Å². The Bertz CT molecular complexity index is 252. The molecule has 0 aromatic carbocycles. The van der Waals surface area contributed by atoms with Gasteiger partial charge in [-0.25, -0.2) is 0 Å². The van der Waals surface area contributed by atoms with Crippen molar-refractivity contribution >= 4 is 0 Å². The zero-order valence-electron chi connectivity index (χ0n) is 12.3. The Morgan fingerprint density at radius 1 is 1.29 bits per heavy atom. The first-order valence-corrected chi connectivity index (χ1v) is 7.19. The Labute approximate surface area is 107 Å². The Morgan fingerprint density at radius 3 is 2.35 bits per heavy atom. The number of likely N-dealkylation sites (N-methyl/N-ethyl adjacent to an activating group) is 2. The number of hydrogen-bond acceptors (Lipinski definition) is 2. The van der Waals surface area contributed by atoms with E-state index in [2.05, 4.69) is 51.0 Å². The third-order valence-corrected chi connectivity index (χ3v) is 4.27. The molecular weight excluding hydrogens is 208 g/mol. The van der Waals surface area contributed by atoms with Gasteiger partial charge in [-0.2, -0.15) is 0 Å². The highest BCUT2D eigenvalue weighted by Crippen LogP contribution is 2.29. The smallest absolute Gasteiger partial charge is 0.0458 e. The van der Waals surface area contributed by atoms with Crippen LogP contribution in [0.3, 0.4) is 0 Å². The fourth-order valence-electron chi connectivity index (χ4n) is 3.34. The van der Waals surface area contributed by atoms with Crippen molar-refractivity contribution in [1.82, 2.24) is 10.2 Å². The molecule has 1 aliphatic rings. The third kappa shape index (κ3) is 3.32. The lowest BCUT2D eigenvalue weighted by Gasteiger charge is -2.45. The van der Waals surface area contributed by atoms with E-state index in [1.807, 2.05) is 0 Å². The highest BCUT2D eigenvalue weighted by Gasteiger charge is 2.35. The summed E-state index contributed by atoms with van der Waals surface area (Å²) in [5.74, 6) is 0. The van der Waals surface area contributed by atoms with Gasteiger partial charge in [0.1, 0.15) is 0 Å². The molecule has 0 fully saturated rings. The summed E-state index contributed by atoms with van der Waals surface area (Å²) >= 11 is 0. The molecule has 0 heterocycles. The van der Waals surface area contributed by atoms with Crippen molar-refractivity contribution in [2.75, 3.05) is 20.1 Å². The molecule has 100 valence electrons. The molecule has 0 aromatic rings. The van der Waals surface area contributed by atoms with Crippen LogP contribution < -0.4 is 5.32 Å². The summed E-state index contributed by atoms with van der Waals surface area (Å²) in [6, 6.07) is 0.489. The van der Waals surface area contributed by atoms with E-state index in [-0.39, 0.29) is 5.54 Å². The predicted octanol–water partition coefficient (Wildman–Crippen LogP) is 3.20. The van der Waals surface area contributed by atoms with E-state index in [0.29, 0.717) is 6.04 Å². The van der Waals surface area contributed by atoms with Crippen LogP contribution in [0.2, 0.25) is 0 Å². The molecule has 1 aliphatic carbocycles. The molecule has 0 aliphatic heterocycles. The zero-order chi connectivity index (χ0) is 12.9. The van der Waals surface area contributed by atoms with Gasteiger partial charge in [0.15, 0.2) is 0 Å². The number of nitrogens with zero attached hydrogens (tertiary/aromatic N) is 1. The summed E-state index contributed by atoms with van der Waals surface area (Å²) in [5.41, 5.74) is 1.82. The van der Waals surface area contributed by atoms with Crippen molar-refractivity contribution in [3.05, 3.63) is 11.6 Å². The molecule has 1 N–H and O–H groups in total. The molecule has 0 saturated carbocycles. The van der Waals surface area contributed by atoms with Crippen LogP contribution in [0.15, 0.2) is 11.6 Å². The van der Waals surface area contributed by atoms with E-state index in [1.165, 1.54) is 25.7 Å². The first-order valence-electron chi connectivity index (χ1n) is 7.19. The topological polar surface area (TPSA) is 15.3 Å². The third-order valence-electron chi connectivity index (χ3n) is 4.27. The average Bonchev–Trinajstić information content (AvgIpc) is 2.32. The van der Waals surface area contributed by atoms with Crippen molar-refractivity contribution < 1.29 is 0 Å². The maximum atomic E-state index is 3.55. The molecule has 0 radical (unpaired) electrons. The van der Waals surface area contributed by atoms with Gasteiger partial charge in [-0.05, 0) is 59.7 Å². The molecule has 1 atom stereocenters. The van der Waals surface area contributed by atoms with Gasteiger partial charge < -0.3 is 5.32 Å². The highest BCUT2D eigenvalue weighted by atomic mass is 15.2. The van der Waals surface area contributed by atoms with Crippen molar-refractivity contribution in [1.29, 1.82) is 0 Å². The molecule has 1 rings (SSSR count). The number of nitrogens with one attached hydrogen (secondary N) is 1. The van der Waals surface area contributed by atoms with Gasteiger partial charge in [0, 0.05) is 11.6 Å². The average molecular weight is 238 g/mol. The molecule has 2 nitrogen and oxygen atoms in total. The van der Waals surface area contributed by atoms with E-state index in [0.717, 1.165) is 13.1 Å². The van der Waals surface area contributed by atoms with Gasteiger partial charge >= 0.3 is 0 Å². The Kier molecular flexibility index (Phi) is 5.68. The van der Waals surface area contributed by atoms with Crippen LogP contribution in [0.1, 0.15) is 53.4 Å². The van der Waals surface area contributed by atoms with E-state index in [1.54, 1.807) is 5.57 Å². The maximum absolute atomic E-state index is 3.55. The van der Waals surface area contributed by atoms with Crippen LogP contribution >= 0.6 is 0 Å². The van der Waals surface area contributed by atoms with Gasteiger partial charge in [0.2, 0.25) is 0 Å². The molecule has 0 amide bonds. The Balaban J connectivity index is 2.87. The monoisotopic (exact) mass is 238 g/mol. The lowest BCUT2D eigenvalue weighted by Crippen LogP contribution is -2.57. The first kappa shape index (κ1) is 14.7. The standard InChI is InChI=1S/C15H30N2/c1-6-17(7-2)15(3,4)14(16-5)13-11-9-8-10-12-13/h11,14,16H,6-10,12H2,1-5H3. The Morgan fingerprint density at radius 2 is 1.94 bits per heavy atom. The minimum absolute atomic E-state index is 0.196. The molecular formula is C15H30N2. The van der Waals surface area contributed by atoms with Gasteiger partial charge in [-0.3, -0.25) is 4.90 Å². The molecule has 1 unspecified atom stereocenters. The van der Waals surface area contributed by atoms with E-state index in [4.69, 9.17) is 0 Å². The van der Waals surface area contributed by atoms with Crippen molar-refractivity contribution in [3.8, 4) is 0 Å². The number of rotatable bonds is 6. The summed E-state index contributed by atoms with van der Waals surface area (Å²) in [6.07, 6.45) is 7.73. The summed E-state index contributed by atoms with van der Waals surface area (Å²) in [5, 5.41) is 3.55. The lowest BCUT2D eigenvalue weighted by atomic mass is 9.82. The quantitative estimate of drug-likeness (QED) is 0.715. The van der Waals surface area contributed by atoms with Crippen LogP contribution in [0, 0.1) is 0 Å². The largest absolute Gasteiger partial charge is 0.312 e. The predicted molar refractivity (Wildman–Crippen MR) is 76.4 cm³/mol. The minimum atomic E-state index is 0.196. The molecule has 17 heavy (non-hydrogen) atoms. The fraction of sp³-hybridized carbons (Fsp3) is 0.867. The van der Waals surface area contributed by atoms with Crippen molar-refractivity contribution in [2.24, 2.45) is 0 Å². The van der Waals surface area contributed by atoms with Gasteiger partial charge in [-0.15, -0.1) is 0 Å². The fourth-order valence-corrected chi connectivity index (χ4v) is 3.34. The molecule has 0 spiro atoms. The SMILES string of the molecule is CCN(CC)C(C)(C)C(NC)C1=CCCCC1. The minimum Gasteiger partial charge on any atom is -0.312 e. The Hall–Kier alpha value is -0.340. The van der Waals surface area contributed by atoms with Crippen LogP contribution in [0.25, 0.3) is 0 Å². The summed E-state index contributed by atoms with van der Waals surface area (Å²) in [6.45, 7) is 11.5. The first-order chi connectivity index (χ1) is 8.07. The van der Waals surface area contributed by atoms with Gasteiger partial charge in [-0.1, -0.05) is 25.5 Å². The van der Waals surface area contributed by atoms with Crippen LogP contribution in [-0.4, -0.2) is 36.6 Å². The maximum Gasteiger partial charge on any atom is 0.0458 e. The lowest BCUT2D eigenvalue weighted by molar-refractivity contribution is 0.105. The van der Waals surface area contributed by atoms with Gasteiger partial charge in [0.05, 0.1) is 0 Å². The second-order valence-corrected chi connectivity index (χ2v) is 5.57. The summed E-state index contributed by atoms with van der Waals surface area (Å²) in [7, 11) is 2.10. The normalized spacial score (nSPS) is 19.3. The van der Waals surface area contributed by atoms with Gasteiger partial charge in [0.25, 0.3) is 0 Å². The summed E-state index contributed by atoms with van der Waals surface area (Å²) in [4.78, 5) is 2.56. The second kappa shape index (κ2) is 6.55. The van der Waals surface area contributed by atoms with Crippen LogP contribution in [0.5, 0.6) is 0 Å².